The number of anilines is 1. The summed E-state index contributed by atoms with van der Waals surface area (Å²) >= 11 is 0. The van der Waals surface area contributed by atoms with E-state index in [1.54, 1.807) is 25.1 Å². The number of benzene rings is 2. The number of rotatable bonds is 4. The summed E-state index contributed by atoms with van der Waals surface area (Å²) in [6.07, 6.45) is 5.09. The van der Waals surface area contributed by atoms with Gasteiger partial charge in [0, 0.05) is 17.7 Å². The number of nitrogens with zero attached hydrogens (tertiary/aromatic N) is 1. The van der Waals surface area contributed by atoms with Crippen molar-refractivity contribution >= 4 is 17.3 Å². The van der Waals surface area contributed by atoms with E-state index in [0.717, 1.165) is 17.7 Å². The van der Waals surface area contributed by atoms with E-state index in [1.165, 1.54) is 0 Å². The summed E-state index contributed by atoms with van der Waals surface area (Å²) < 4.78 is 5.11. The summed E-state index contributed by atoms with van der Waals surface area (Å²) in [6.45, 7) is 2.12. The Hall–Kier alpha value is -3.15. The van der Waals surface area contributed by atoms with E-state index in [-0.39, 0.29) is 34.5 Å². The highest BCUT2D eigenvalue weighted by Gasteiger charge is 2.40. The Labute approximate surface area is 157 Å². The predicted octanol–water partition coefficient (Wildman–Crippen LogP) is 4.60. The van der Waals surface area contributed by atoms with Crippen molar-refractivity contribution < 1.29 is 14.5 Å². The molecule has 27 heavy (non-hydrogen) atoms. The molecule has 0 spiro atoms. The molecule has 0 saturated carbocycles. The Morgan fingerprint density at radius 2 is 2.07 bits per heavy atom. The van der Waals surface area contributed by atoms with Crippen LogP contribution in [0.1, 0.15) is 46.8 Å². The van der Waals surface area contributed by atoms with Crippen molar-refractivity contribution in [3.8, 4) is 0 Å². The van der Waals surface area contributed by atoms with E-state index in [0.29, 0.717) is 17.7 Å². The topological polar surface area (TPSA) is 81.5 Å². The zero-order chi connectivity index (χ0) is 19.0. The van der Waals surface area contributed by atoms with Crippen LogP contribution in [0.5, 0.6) is 0 Å². The number of fused-ring (bicyclic) bond motifs is 3. The van der Waals surface area contributed by atoms with E-state index in [1.807, 2.05) is 24.3 Å². The lowest BCUT2D eigenvalue weighted by Gasteiger charge is -2.37. The van der Waals surface area contributed by atoms with Crippen molar-refractivity contribution in [1.29, 1.82) is 0 Å². The van der Waals surface area contributed by atoms with Gasteiger partial charge in [0.2, 0.25) is 0 Å². The monoisotopic (exact) mass is 364 g/mol. The maximum Gasteiger partial charge on any atom is 0.338 e. The van der Waals surface area contributed by atoms with Crippen LogP contribution in [-0.4, -0.2) is 17.5 Å². The highest BCUT2D eigenvalue weighted by Crippen LogP contribution is 2.51. The summed E-state index contributed by atoms with van der Waals surface area (Å²) in [5.41, 5.74) is 3.29. The molecule has 3 atom stereocenters. The van der Waals surface area contributed by atoms with E-state index >= 15 is 0 Å². The SMILES string of the molecule is CCOC(=O)c1ccc2c(c1)[C@@H]1C=CC[C@H]1[C@H](c1ccccc1[N+](=O)[O-])N2. The molecule has 1 aliphatic carbocycles. The average molecular weight is 364 g/mol. The number of esters is 1. The van der Waals surface area contributed by atoms with Crippen molar-refractivity contribution in [2.75, 3.05) is 11.9 Å². The van der Waals surface area contributed by atoms with Gasteiger partial charge in [-0.2, -0.15) is 0 Å². The second kappa shape index (κ2) is 6.87. The largest absolute Gasteiger partial charge is 0.462 e. The molecule has 2 aromatic carbocycles. The van der Waals surface area contributed by atoms with E-state index in [9.17, 15) is 14.9 Å². The minimum atomic E-state index is -0.334. The van der Waals surface area contributed by atoms with Crippen LogP contribution in [0.25, 0.3) is 0 Å². The fourth-order valence-corrected chi connectivity index (χ4v) is 4.16. The third-order valence-electron chi connectivity index (χ3n) is 5.34. The number of ether oxygens (including phenoxy) is 1. The van der Waals surface area contributed by atoms with Gasteiger partial charge in [0.15, 0.2) is 0 Å². The first-order valence-corrected chi connectivity index (χ1v) is 9.07. The molecule has 0 radical (unpaired) electrons. The molecule has 0 saturated heterocycles. The Balaban J connectivity index is 1.75. The van der Waals surface area contributed by atoms with Crippen molar-refractivity contribution in [2.24, 2.45) is 5.92 Å². The number of carbonyl (C=O) groups is 1. The van der Waals surface area contributed by atoms with Gasteiger partial charge >= 0.3 is 5.97 Å². The normalized spacial score (nSPS) is 22.5. The highest BCUT2D eigenvalue weighted by atomic mass is 16.6. The molecular weight excluding hydrogens is 344 g/mol. The molecule has 4 rings (SSSR count). The summed E-state index contributed by atoms with van der Waals surface area (Å²) in [4.78, 5) is 23.3. The molecule has 1 aliphatic heterocycles. The Morgan fingerprint density at radius 3 is 2.85 bits per heavy atom. The average Bonchev–Trinajstić information content (AvgIpc) is 3.17. The fourth-order valence-electron chi connectivity index (χ4n) is 4.16. The second-order valence-corrected chi connectivity index (χ2v) is 6.81. The van der Waals surface area contributed by atoms with Gasteiger partial charge in [0.1, 0.15) is 0 Å². The van der Waals surface area contributed by atoms with Crippen molar-refractivity contribution in [1.82, 2.24) is 0 Å². The Bertz CT molecular complexity index is 938. The maximum absolute atomic E-state index is 12.1. The number of nitro groups is 1. The molecule has 0 fully saturated rings. The van der Waals surface area contributed by atoms with Gasteiger partial charge in [0.25, 0.3) is 5.69 Å². The Morgan fingerprint density at radius 1 is 1.26 bits per heavy atom. The lowest BCUT2D eigenvalue weighted by atomic mass is 9.76. The zero-order valence-corrected chi connectivity index (χ0v) is 14.9. The third kappa shape index (κ3) is 2.97. The number of nitrogens with one attached hydrogen (secondary N) is 1. The van der Waals surface area contributed by atoms with Crippen LogP contribution in [0.3, 0.4) is 0 Å². The number of nitro benzene ring substituents is 1. The van der Waals surface area contributed by atoms with Gasteiger partial charge in [-0.05, 0) is 43.0 Å². The van der Waals surface area contributed by atoms with Crippen LogP contribution in [0.15, 0.2) is 54.6 Å². The third-order valence-corrected chi connectivity index (χ3v) is 5.34. The standard InChI is InChI=1S/C21H20N2O4/c1-2-27-21(24)13-10-11-18-17(12-13)14-7-5-8-15(14)20(22-18)16-6-3-4-9-19(16)23(25)26/h3-7,9-12,14-15,20,22H,2,8H2,1H3/t14-,15-,20-/m1/s1. The van der Waals surface area contributed by atoms with Crippen LogP contribution >= 0.6 is 0 Å². The zero-order valence-electron chi connectivity index (χ0n) is 14.9. The number of hydrogen-bond donors (Lipinski definition) is 1. The molecule has 0 unspecified atom stereocenters. The first-order valence-electron chi connectivity index (χ1n) is 9.07. The van der Waals surface area contributed by atoms with Crippen LogP contribution in [-0.2, 0) is 4.74 Å². The molecule has 0 amide bonds. The van der Waals surface area contributed by atoms with Gasteiger partial charge in [-0.25, -0.2) is 4.79 Å². The second-order valence-electron chi connectivity index (χ2n) is 6.81. The van der Waals surface area contributed by atoms with Crippen LogP contribution in [0.2, 0.25) is 0 Å². The lowest BCUT2D eigenvalue weighted by Crippen LogP contribution is -2.29. The predicted molar refractivity (Wildman–Crippen MR) is 102 cm³/mol. The lowest BCUT2D eigenvalue weighted by molar-refractivity contribution is -0.385. The van der Waals surface area contributed by atoms with Crippen LogP contribution in [0, 0.1) is 16.0 Å². The van der Waals surface area contributed by atoms with Crippen molar-refractivity contribution in [2.45, 2.75) is 25.3 Å². The number of para-hydroxylation sites is 1. The minimum absolute atomic E-state index is 0.112. The summed E-state index contributed by atoms with van der Waals surface area (Å²) in [6, 6.07) is 12.2. The van der Waals surface area contributed by atoms with Gasteiger partial charge in [0.05, 0.1) is 28.7 Å². The quantitative estimate of drug-likeness (QED) is 0.371. The van der Waals surface area contributed by atoms with E-state index in [4.69, 9.17) is 4.74 Å². The molecule has 0 aromatic heterocycles. The van der Waals surface area contributed by atoms with Crippen LogP contribution in [0.4, 0.5) is 11.4 Å². The summed E-state index contributed by atoms with van der Waals surface area (Å²) in [5.74, 6) is -0.0591. The molecule has 1 N–H and O–H groups in total. The molecule has 0 bridgehead atoms. The Kier molecular flexibility index (Phi) is 4.39. The first-order chi connectivity index (χ1) is 13.1. The molecule has 1 heterocycles. The van der Waals surface area contributed by atoms with Crippen molar-refractivity contribution in [3.05, 3.63) is 81.4 Å². The molecule has 6 nitrogen and oxygen atoms in total. The fraction of sp³-hybridized carbons (Fsp3) is 0.286. The number of allylic oxidation sites excluding steroid dienone is 2. The number of carbonyl (C=O) groups excluding carboxylic acids is 1. The van der Waals surface area contributed by atoms with Crippen LogP contribution < -0.4 is 5.32 Å². The summed E-state index contributed by atoms with van der Waals surface area (Å²) in [7, 11) is 0. The van der Waals surface area contributed by atoms with Gasteiger partial charge in [-0.1, -0.05) is 30.4 Å². The molecule has 6 heteroatoms. The molecular formula is C21H20N2O4. The van der Waals surface area contributed by atoms with Gasteiger partial charge in [-0.3, -0.25) is 10.1 Å². The number of hydrogen-bond acceptors (Lipinski definition) is 5. The molecule has 138 valence electrons. The van der Waals surface area contributed by atoms with Gasteiger partial charge in [-0.15, -0.1) is 0 Å². The highest BCUT2D eigenvalue weighted by molar-refractivity contribution is 5.90. The first kappa shape index (κ1) is 17.3. The molecule has 2 aliphatic rings. The van der Waals surface area contributed by atoms with E-state index < -0.39 is 0 Å². The molecule has 2 aromatic rings. The smallest absolute Gasteiger partial charge is 0.338 e. The summed E-state index contributed by atoms with van der Waals surface area (Å²) in [5, 5.41) is 15.0. The maximum atomic E-state index is 12.1. The minimum Gasteiger partial charge on any atom is -0.462 e. The van der Waals surface area contributed by atoms with E-state index in [2.05, 4.69) is 17.5 Å². The van der Waals surface area contributed by atoms with Crippen molar-refractivity contribution in [3.63, 3.8) is 0 Å². The van der Waals surface area contributed by atoms with Gasteiger partial charge < -0.3 is 10.1 Å².